The average Bonchev–Trinajstić information content (AvgIpc) is 3.38. The number of nitrogens with zero attached hydrogens (tertiary/aromatic N) is 3. The summed E-state index contributed by atoms with van der Waals surface area (Å²) in [6, 6.07) is 9.59. The summed E-state index contributed by atoms with van der Waals surface area (Å²) in [5.41, 5.74) is 1.72. The zero-order valence-corrected chi connectivity index (χ0v) is 17.0. The second-order valence-electron chi connectivity index (χ2n) is 6.85. The van der Waals surface area contributed by atoms with Crippen LogP contribution in [0.1, 0.15) is 28.7 Å². The van der Waals surface area contributed by atoms with Crippen molar-refractivity contribution in [2.45, 2.75) is 20.3 Å². The van der Waals surface area contributed by atoms with E-state index < -0.39 is 0 Å². The molecule has 0 aliphatic carbocycles. The molecule has 0 radical (unpaired) electrons. The summed E-state index contributed by atoms with van der Waals surface area (Å²) in [5.74, 6) is 0.513. The lowest BCUT2D eigenvalue weighted by Crippen LogP contribution is -2.35. The molecule has 4 rings (SSSR count). The Bertz CT molecular complexity index is 975. The normalized spacial score (nSPS) is 16.9. The minimum Gasteiger partial charge on any atom is -0.381 e. The number of carbonyl (C=O) groups is 1. The number of para-hydroxylation sites is 1. The van der Waals surface area contributed by atoms with E-state index in [1.54, 1.807) is 0 Å². The second kappa shape index (κ2) is 7.62. The maximum atomic E-state index is 13.1. The number of aromatic nitrogens is 2. The van der Waals surface area contributed by atoms with Crippen LogP contribution in [-0.2, 0) is 4.74 Å². The molecule has 0 bridgehead atoms. The number of aryl methyl sites for hydroxylation is 1. The van der Waals surface area contributed by atoms with Crippen molar-refractivity contribution in [1.29, 1.82) is 0 Å². The van der Waals surface area contributed by atoms with Gasteiger partial charge >= 0.3 is 0 Å². The van der Waals surface area contributed by atoms with Gasteiger partial charge in [-0.2, -0.15) is 5.10 Å². The molecule has 1 aromatic carbocycles. The van der Waals surface area contributed by atoms with Gasteiger partial charge in [0.05, 0.1) is 27.9 Å². The van der Waals surface area contributed by atoms with Crippen LogP contribution in [0.5, 0.6) is 0 Å². The Morgan fingerprint density at radius 3 is 2.96 bits per heavy atom. The van der Waals surface area contributed by atoms with Crippen molar-refractivity contribution in [1.82, 2.24) is 14.7 Å². The lowest BCUT2D eigenvalue weighted by atomic mass is 10.1. The van der Waals surface area contributed by atoms with E-state index in [0.29, 0.717) is 17.5 Å². The Kier molecular flexibility index (Phi) is 5.21. The third kappa shape index (κ3) is 3.49. The van der Waals surface area contributed by atoms with Gasteiger partial charge < -0.3 is 9.64 Å². The van der Waals surface area contributed by atoms with Crippen LogP contribution in [0.3, 0.4) is 0 Å². The van der Waals surface area contributed by atoms with Crippen molar-refractivity contribution in [2.24, 2.45) is 5.92 Å². The first kappa shape index (κ1) is 18.5. The molecule has 5 nitrogen and oxygen atoms in total. The zero-order valence-electron chi connectivity index (χ0n) is 15.4. The summed E-state index contributed by atoms with van der Waals surface area (Å²) in [5, 5.41) is 6.27. The summed E-state index contributed by atoms with van der Waals surface area (Å²) in [7, 11) is 0. The minimum absolute atomic E-state index is 0.0794. The molecule has 1 saturated heterocycles. The number of ether oxygens (including phenoxy) is 1. The monoisotopic (exact) mass is 403 g/mol. The molecule has 1 fully saturated rings. The molecule has 1 unspecified atom stereocenters. The van der Waals surface area contributed by atoms with Gasteiger partial charge in [0.15, 0.2) is 0 Å². The van der Waals surface area contributed by atoms with E-state index in [4.69, 9.17) is 16.3 Å². The fourth-order valence-electron chi connectivity index (χ4n) is 3.49. The quantitative estimate of drug-likeness (QED) is 0.628. The molecule has 2 aromatic heterocycles. The highest BCUT2D eigenvalue weighted by molar-refractivity contribution is 7.20. The SMILES string of the molecule is CCN(CC1CCOC1)C(=O)c1cc2c(C)nn(-c3ccccc3Cl)c2s1. The van der Waals surface area contributed by atoms with Gasteiger partial charge in [-0.25, -0.2) is 4.68 Å². The van der Waals surface area contributed by atoms with E-state index in [1.807, 2.05) is 53.8 Å². The van der Waals surface area contributed by atoms with Crippen LogP contribution in [0, 0.1) is 12.8 Å². The Balaban J connectivity index is 1.68. The molecular formula is C20H22ClN3O2S. The van der Waals surface area contributed by atoms with Crippen molar-refractivity contribution in [2.75, 3.05) is 26.3 Å². The number of benzene rings is 1. The highest BCUT2D eigenvalue weighted by atomic mass is 35.5. The van der Waals surface area contributed by atoms with Gasteiger partial charge in [0.25, 0.3) is 5.91 Å². The Labute approximate surface area is 167 Å². The van der Waals surface area contributed by atoms with Crippen molar-refractivity contribution >= 4 is 39.1 Å². The molecule has 1 aliphatic rings. The number of hydrogen-bond donors (Lipinski definition) is 0. The van der Waals surface area contributed by atoms with Crippen molar-refractivity contribution in [3.63, 3.8) is 0 Å². The maximum Gasteiger partial charge on any atom is 0.264 e. The van der Waals surface area contributed by atoms with E-state index in [-0.39, 0.29) is 5.91 Å². The summed E-state index contributed by atoms with van der Waals surface area (Å²) >= 11 is 7.84. The Morgan fingerprint density at radius 1 is 1.44 bits per heavy atom. The summed E-state index contributed by atoms with van der Waals surface area (Å²) < 4.78 is 7.30. The third-order valence-electron chi connectivity index (χ3n) is 5.01. The zero-order chi connectivity index (χ0) is 19.0. The number of fused-ring (bicyclic) bond motifs is 1. The fraction of sp³-hybridized carbons (Fsp3) is 0.400. The Hall–Kier alpha value is -1.89. The van der Waals surface area contributed by atoms with E-state index in [1.165, 1.54) is 11.3 Å². The van der Waals surface area contributed by atoms with E-state index >= 15 is 0 Å². The molecule has 3 heterocycles. The molecule has 1 atom stereocenters. The topological polar surface area (TPSA) is 47.4 Å². The fourth-order valence-corrected chi connectivity index (χ4v) is 4.85. The van der Waals surface area contributed by atoms with Crippen LogP contribution >= 0.6 is 22.9 Å². The number of thiophene rings is 1. The van der Waals surface area contributed by atoms with Crippen LogP contribution in [0.4, 0.5) is 0 Å². The molecule has 0 saturated carbocycles. The molecule has 3 aromatic rings. The number of hydrogen-bond acceptors (Lipinski definition) is 4. The van der Waals surface area contributed by atoms with Gasteiger partial charge in [-0.1, -0.05) is 23.7 Å². The van der Waals surface area contributed by atoms with Crippen LogP contribution < -0.4 is 0 Å². The van der Waals surface area contributed by atoms with Crippen molar-refractivity contribution in [3.05, 3.63) is 45.9 Å². The number of rotatable bonds is 5. The summed E-state index contributed by atoms with van der Waals surface area (Å²) in [4.78, 5) is 16.7. The molecule has 142 valence electrons. The highest BCUT2D eigenvalue weighted by Gasteiger charge is 2.25. The van der Waals surface area contributed by atoms with Gasteiger partial charge in [-0.05, 0) is 38.5 Å². The molecule has 1 aliphatic heterocycles. The first-order chi connectivity index (χ1) is 13.1. The van der Waals surface area contributed by atoms with Gasteiger partial charge in [0.2, 0.25) is 0 Å². The first-order valence-electron chi connectivity index (χ1n) is 9.19. The van der Waals surface area contributed by atoms with Gasteiger partial charge in [0, 0.05) is 31.0 Å². The van der Waals surface area contributed by atoms with E-state index in [2.05, 4.69) is 5.10 Å². The highest BCUT2D eigenvalue weighted by Crippen LogP contribution is 2.33. The molecule has 27 heavy (non-hydrogen) atoms. The Morgan fingerprint density at radius 2 is 2.26 bits per heavy atom. The average molecular weight is 404 g/mol. The lowest BCUT2D eigenvalue weighted by molar-refractivity contribution is 0.0735. The van der Waals surface area contributed by atoms with Crippen LogP contribution in [0.15, 0.2) is 30.3 Å². The van der Waals surface area contributed by atoms with E-state index in [0.717, 1.165) is 52.7 Å². The predicted molar refractivity (Wildman–Crippen MR) is 109 cm³/mol. The van der Waals surface area contributed by atoms with Crippen LogP contribution in [0.25, 0.3) is 15.9 Å². The summed E-state index contributed by atoms with van der Waals surface area (Å²) in [6.45, 7) is 6.98. The number of amides is 1. The summed E-state index contributed by atoms with van der Waals surface area (Å²) in [6.07, 6.45) is 1.02. The lowest BCUT2D eigenvalue weighted by Gasteiger charge is -2.23. The van der Waals surface area contributed by atoms with Gasteiger partial charge in [-0.3, -0.25) is 4.79 Å². The third-order valence-corrected chi connectivity index (χ3v) is 6.43. The molecule has 0 spiro atoms. The molecule has 7 heteroatoms. The smallest absolute Gasteiger partial charge is 0.264 e. The van der Waals surface area contributed by atoms with Gasteiger partial charge in [-0.15, -0.1) is 11.3 Å². The molecule has 1 amide bonds. The van der Waals surface area contributed by atoms with Crippen molar-refractivity contribution in [3.8, 4) is 5.69 Å². The van der Waals surface area contributed by atoms with Gasteiger partial charge in [0.1, 0.15) is 4.83 Å². The second-order valence-corrected chi connectivity index (χ2v) is 8.29. The maximum absolute atomic E-state index is 13.1. The van der Waals surface area contributed by atoms with E-state index in [9.17, 15) is 4.79 Å². The largest absolute Gasteiger partial charge is 0.381 e. The molecule has 0 N–H and O–H groups in total. The predicted octanol–water partition coefficient (Wildman–Crippen LogP) is 4.55. The number of halogens is 1. The van der Waals surface area contributed by atoms with Crippen molar-refractivity contribution < 1.29 is 9.53 Å². The van der Waals surface area contributed by atoms with Crippen LogP contribution in [0.2, 0.25) is 5.02 Å². The first-order valence-corrected chi connectivity index (χ1v) is 10.4. The minimum atomic E-state index is 0.0794. The van der Waals surface area contributed by atoms with Crippen LogP contribution in [-0.4, -0.2) is 46.9 Å². The molecular weight excluding hydrogens is 382 g/mol. The standard InChI is InChI=1S/C20H22ClN3O2S/c1-3-23(11-14-8-9-26-12-14)19(25)18-10-15-13(2)22-24(20(15)27-18)17-7-5-4-6-16(17)21/h4-7,10,14H,3,8-9,11-12H2,1-2H3. The number of carbonyl (C=O) groups excluding carboxylic acids is 1.